The van der Waals surface area contributed by atoms with Gasteiger partial charge in [-0.2, -0.15) is 0 Å². The fourth-order valence-electron chi connectivity index (χ4n) is 5.41. The lowest BCUT2D eigenvalue weighted by Crippen LogP contribution is -2.59. The van der Waals surface area contributed by atoms with Gasteiger partial charge in [-0.05, 0) is 49.1 Å². The van der Waals surface area contributed by atoms with E-state index >= 15 is 0 Å². The Labute approximate surface area is 222 Å². The fraction of sp³-hybridized carbons (Fsp3) is 0.241. The van der Waals surface area contributed by atoms with Gasteiger partial charge in [0.25, 0.3) is 5.56 Å². The van der Waals surface area contributed by atoms with Crippen LogP contribution in [0.1, 0.15) is 30.9 Å². The molecule has 4 aromatic rings. The first-order chi connectivity index (χ1) is 18.5. The van der Waals surface area contributed by atoms with Crippen molar-refractivity contribution in [2.45, 2.75) is 37.9 Å². The van der Waals surface area contributed by atoms with Gasteiger partial charge >= 0.3 is 0 Å². The van der Waals surface area contributed by atoms with Gasteiger partial charge in [-0.25, -0.2) is 9.98 Å². The zero-order valence-electron chi connectivity index (χ0n) is 21.2. The molecule has 1 aliphatic heterocycles. The van der Waals surface area contributed by atoms with Crippen LogP contribution in [0.25, 0.3) is 17.1 Å². The molecule has 9 heteroatoms. The van der Waals surface area contributed by atoms with E-state index in [1.807, 2.05) is 53.1 Å². The molecule has 3 N–H and O–H groups in total. The summed E-state index contributed by atoms with van der Waals surface area (Å²) in [6, 6.07) is 24.2. The van der Waals surface area contributed by atoms with Crippen molar-refractivity contribution in [3.63, 3.8) is 0 Å². The largest absolute Gasteiger partial charge is 0.367 e. The molecular weight excluding hydrogens is 493 g/mol. The molecule has 0 amide bonds. The minimum absolute atomic E-state index is 0.141. The minimum atomic E-state index is -0.241. The zero-order chi connectivity index (χ0) is 26.2. The van der Waals surface area contributed by atoms with E-state index in [9.17, 15) is 4.79 Å². The van der Waals surface area contributed by atoms with E-state index in [0.717, 1.165) is 47.2 Å². The number of benzene rings is 2. The molecule has 2 aromatic carbocycles. The number of nitrogens with zero attached hydrogens (tertiary/aromatic N) is 4. The Kier molecular flexibility index (Phi) is 6.42. The Balaban J connectivity index is 1.40. The second kappa shape index (κ2) is 10.0. The van der Waals surface area contributed by atoms with Crippen molar-refractivity contribution in [3.8, 4) is 11.3 Å². The van der Waals surface area contributed by atoms with Crippen molar-refractivity contribution in [2.24, 2.45) is 12.0 Å². The molecule has 0 spiro atoms. The number of anilines is 1. The molecule has 8 nitrogen and oxygen atoms in total. The number of aromatic nitrogens is 3. The quantitative estimate of drug-likeness (QED) is 0.336. The van der Waals surface area contributed by atoms with Gasteiger partial charge in [0.15, 0.2) is 0 Å². The summed E-state index contributed by atoms with van der Waals surface area (Å²) in [4.78, 5) is 23.0. The maximum Gasteiger partial charge on any atom is 0.267 e. The van der Waals surface area contributed by atoms with E-state index < -0.39 is 0 Å². The molecule has 0 radical (unpaired) electrons. The molecule has 0 bridgehead atoms. The van der Waals surface area contributed by atoms with Crippen LogP contribution in [0.5, 0.6) is 0 Å². The van der Waals surface area contributed by atoms with Crippen molar-refractivity contribution in [1.29, 1.82) is 5.41 Å². The highest BCUT2D eigenvalue weighted by Crippen LogP contribution is 2.32. The van der Waals surface area contributed by atoms with Gasteiger partial charge < -0.3 is 10.6 Å². The van der Waals surface area contributed by atoms with Gasteiger partial charge in [-0.1, -0.05) is 57.8 Å². The molecule has 2 aliphatic rings. The van der Waals surface area contributed by atoms with E-state index in [-0.39, 0.29) is 23.1 Å². The second-order valence-corrected chi connectivity index (χ2v) is 10.4. The van der Waals surface area contributed by atoms with Crippen LogP contribution >= 0.6 is 9.24 Å². The predicted octanol–water partition coefficient (Wildman–Crippen LogP) is 1.92. The van der Waals surface area contributed by atoms with Crippen LogP contribution in [-0.4, -0.2) is 20.2 Å². The summed E-state index contributed by atoms with van der Waals surface area (Å²) in [5, 5.41) is 16.3. The fourth-order valence-corrected chi connectivity index (χ4v) is 5.66. The standard InChI is InChI=1S/C29H30N7OP/c1-35-28(37)25(26(30)36-23-11-5-10-22(23)34-29(35)36)27(32-20-7-3-2-4-8-20)31-17-18-13-15-19(16-14-18)21-9-6-12-24(38)33-21/h2-4,6-9,12-16,22-23,30-32H,5,10-11,17,38H2,1H3/b27-25-,30-26?/t22?,23-/m0/s1. The Morgan fingerprint density at radius 3 is 2.61 bits per heavy atom. The summed E-state index contributed by atoms with van der Waals surface area (Å²) in [5.41, 5.74) is 5.29. The number of rotatable bonds is 6. The number of fused-ring (bicyclic) bond motifs is 3. The lowest BCUT2D eigenvalue weighted by molar-refractivity contribution is 0.465. The summed E-state index contributed by atoms with van der Waals surface area (Å²) in [5.74, 6) is 0.514. The van der Waals surface area contributed by atoms with E-state index in [1.165, 1.54) is 0 Å². The maximum absolute atomic E-state index is 13.6. The molecule has 3 heterocycles. The monoisotopic (exact) mass is 523 g/mol. The van der Waals surface area contributed by atoms with Gasteiger partial charge in [-0.15, -0.1) is 0 Å². The van der Waals surface area contributed by atoms with Crippen molar-refractivity contribution in [3.05, 3.63) is 105 Å². The van der Waals surface area contributed by atoms with Crippen LogP contribution in [0.3, 0.4) is 0 Å². The lowest BCUT2D eigenvalue weighted by Gasteiger charge is -2.17. The SMILES string of the molecule is Cn1c(=O)/c(=C(/NCc2ccc(-c3cccc(P)n3)cc2)Nc2ccccc2)c(=N)n2c1=NC1CCC[C@@H]12. The summed E-state index contributed by atoms with van der Waals surface area (Å²) < 4.78 is 3.53. The Bertz CT molecular complexity index is 1740. The smallest absolute Gasteiger partial charge is 0.267 e. The highest BCUT2D eigenvalue weighted by Gasteiger charge is 2.34. The molecule has 0 saturated heterocycles. The molecular formula is C29H30N7OP. The molecule has 3 atom stereocenters. The van der Waals surface area contributed by atoms with Gasteiger partial charge in [0, 0.05) is 24.8 Å². The zero-order valence-corrected chi connectivity index (χ0v) is 22.3. The van der Waals surface area contributed by atoms with E-state index in [1.54, 1.807) is 11.6 Å². The van der Waals surface area contributed by atoms with Crippen LogP contribution in [-0.2, 0) is 13.6 Å². The van der Waals surface area contributed by atoms with Crippen molar-refractivity contribution < 1.29 is 0 Å². The normalized spacial score (nSPS) is 18.4. The van der Waals surface area contributed by atoms with E-state index in [0.29, 0.717) is 23.2 Å². The molecule has 38 heavy (non-hydrogen) atoms. The van der Waals surface area contributed by atoms with Crippen LogP contribution in [0, 0.1) is 5.41 Å². The number of para-hydroxylation sites is 1. The molecule has 2 unspecified atom stereocenters. The number of pyridine rings is 1. The summed E-state index contributed by atoms with van der Waals surface area (Å²) in [6.45, 7) is 0.479. The average Bonchev–Trinajstić information content (AvgIpc) is 3.53. The van der Waals surface area contributed by atoms with Gasteiger partial charge in [0.1, 0.15) is 16.5 Å². The molecule has 1 saturated carbocycles. The third kappa shape index (κ3) is 4.45. The van der Waals surface area contributed by atoms with E-state index in [2.05, 4.69) is 49.1 Å². The Hall–Kier alpha value is -4.03. The highest BCUT2D eigenvalue weighted by atomic mass is 31.0. The average molecular weight is 524 g/mol. The van der Waals surface area contributed by atoms with Gasteiger partial charge in [0.2, 0.25) is 5.62 Å². The number of hydrogen-bond donors (Lipinski definition) is 3. The molecule has 2 aromatic heterocycles. The number of nitrogens with one attached hydrogen (secondary N) is 3. The third-order valence-corrected chi connectivity index (χ3v) is 7.67. The van der Waals surface area contributed by atoms with Gasteiger partial charge in [-0.3, -0.25) is 19.3 Å². The summed E-state index contributed by atoms with van der Waals surface area (Å²) >= 11 is 0. The lowest BCUT2D eigenvalue weighted by atomic mass is 10.1. The van der Waals surface area contributed by atoms with Crippen LogP contribution in [0.15, 0.2) is 82.6 Å². The second-order valence-electron chi connectivity index (χ2n) is 9.82. The molecule has 192 valence electrons. The first-order valence-electron chi connectivity index (χ1n) is 12.9. The minimum Gasteiger partial charge on any atom is -0.367 e. The summed E-state index contributed by atoms with van der Waals surface area (Å²) in [7, 11) is 4.38. The van der Waals surface area contributed by atoms with Crippen LogP contribution in [0.4, 0.5) is 5.69 Å². The predicted molar refractivity (Wildman–Crippen MR) is 152 cm³/mol. The first-order valence-corrected chi connectivity index (χ1v) is 13.4. The molecule has 1 fully saturated rings. The van der Waals surface area contributed by atoms with Gasteiger partial charge in [0.05, 0.1) is 23.2 Å². The molecule has 1 aliphatic carbocycles. The highest BCUT2D eigenvalue weighted by molar-refractivity contribution is 7.26. The topological polar surface area (TPSA) is 100 Å². The third-order valence-electron chi connectivity index (χ3n) is 7.35. The molecule has 6 rings (SSSR count). The van der Waals surface area contributed by atoms with Crippen molar-refractivity contribution >= 4 is 26.2 Å². The Morgan fingerprint density at radius 1 is 1.05 bits per heavy atom. The van der Waals surface area contributed by atoms with Crippen molar-refractivity contribution in [1.82, 2.24) is 19.4 Å². The first kappa shape index (κ1) is 24.3. The van der Waals surface area contributed by atoms with Crippen LogP contribution in [0.2, 0.25) is 0 Å². The van der Waals surface area contributed by atoms with Crippen molar-refractivity contribution in [2.75, 3.05) is 5.32 Å². The van der Waals surface area contributed by atoms with E-state index in [4.69, 9.17) is 10.4 Å². The van der Waals surface area contributed by atoms with Crippen LogP contribution < -0.4 is 38.0 Å². The summed E-state index contributed by atoms with van der Waals surface area (Å²) in [6.07, 6.45) is 3.07. The maximum atomic E-state index is 13.6. The number of hydrogen-bond acceptors (Lipinski definition) is 6. The Morgan fingerprint density at radius 2 is 1.84 bits per heavy atom.